The lowest BCUT2D eigenvalue weighted by Gasteiger charge is -2.20. The maximum Gasteiger partial charge on any atom is 0.253 e. The Balaban J connectivity index is 2.39. The van der Waals surface area contributed by atoms with Gasteiger partial charge in [-0.3, -0.25) is 4.79 Å². The summed E-state index contributed by atoms with van der Waals surface area (Å²) in [5.41, 5.74) is 6.64. The van der Waals surface area contributed by atoms with Gasteiger partial charge in [0.15, 0.2) is 0 Å². The predicted molar refractivity (Wildman–Crippen MR) is 80.6 cm³/mol. The van der Waals surface area contributed by atoms with E-state index in [9.17, 15) is 4.79 Å². The van der Waals surface area contributed by atoms with E-state index in [4.69, 9.17) is 17.3 Å². The Morgan fingerprint density at radius 1 is 1.47 bits per heavy atom. The lowest BCUT2D eigenvalue weighted by atomic mass is 10.1. The lowest BCUT2D eigenvalue weighted by Crippen LogP contribution is -2.31. The average Bonchev–Trinajstić information content (AvgIpc) is 2.33. The van der Waals surface area contributed by atoms with E-state index >= 15 is 0 Å². The lowest BCUT2D eigenvalue weighted by molar-refractivity contribution is 0.0952. The van der Waals surface area contributed by atoms with Crippen LogP contribution in [-0.4, -0.2) is 37.0 Å². The molecule has 0 spiro atoms. The fourth-order valence-corrected chi connectivity index (χ4v) is 1.80. The fourth-order valence-electron chi connectivity index (χ4n) is 1.62. The SMILES string of the molecule is CC(C)N(C)CCCNC(=O)c1ccc(Cl)cc1N. The van der Waals surface area contributed by atoms with E-state index in [0.717, 1.165) is 13.0 Å². The van der Waals surface area contributed by atoms with E-state index in [-0.39, 0.29) is 5.91 Å². The smallest absolute Gasteiger partial charge is 0.253 e. The van der Waals surface area contributed by atoms with Gasteiger partial charge in [0.2, 0.25) is 0 Å². The van der Waals surface area contributed by atoms with E-state index in [1.165, 1.54) is 0 Å². The monoisotopic (exact) mass is 283 g/mol. The van der Waals surface area contributed by atoms with Crippen molar-refractivity contribution in [3.05, 3.63) is 28.8 Å². The summed E-state index contributed by atoms with van der Waals surface area (Å²) in [5, 5.41) is 3.40. The number of nitrogens with zero attached hydrogens (tertiary/aromatic N) is 1. The van der Waals surface area contributed by atoms with Gasteiger partial charge in [-0.15, -0.1) is 0 Å². The quantitative estimate of drug-likeness (QED) is 0.622. The molecule has 1 aromatic carbocycles. The second kappa shape index (κ2) is 7.36. The van der Waals surface area contributed by atoms with Crippen molar-refractivity contribution in [2.75, 3.05) is 25.9 Å². The first-order valence-electron chi connectivity index (χ1n) is 6.45. The van der Waals surface area contributed by atoms with Crippen molar-refractivity contribution in [1.29, 1.82) is 0 Å². The molecule has 0 bridgehead atoms. The van der Waals surface area contributed by atoms with Crippen LogP contribution in [0.4, 0.5) is 5.69 Å². The van der Waals surface area contributed by atoms with E-state index in [2.05, 4.69) is 31.1 Å². The number of rotatable bonds is 6. The van der Waals surface area contributed by atoms with Crippen LogP contribution in [0.5, 0.6) is 0 Å². The number of nitrogens with two attached hydrogens (primary N) is 1. The Labute approximate surface area is 119 Å². The molecule has 0 aliphatic heterocycles. The topological polar surface area (TPSA) is 58.4 Å². The maximum absolute atomic E-state index is 11.9. The molecule has 0 heterocycles. The van der Waals surface area contributed by atoms with Crippen LogP contribution in [0.1, 0.15) is 30.6 Å². The van der Waals surface area contributed by atoms with Crippen LogP contribution in [0.15, 0.2) is 18.2 Å². The molecule has 4 nitrogen and oxygen atoms in total. The first-order valence-corrected chi connectivity index (χ1v) is 6.83. The largest absolute Gasteiger partial charge is 0.398 e. The van der Waals surface area contributed by atoms with Crippen molar-refractivity contribution >= 4 is 23.2 Å². The third-order valence-electron chi connectivity index (χ3n) is 3.11. The zero-order chi connectivity index (χ0) is 14.4. The number of benzene rings is 1. The number of amides is 1. The van der Waals surface area contributed by atoms with E-state index in [1.807, 2.05) is 0 Å². The molecule has 3 N–H and O–H groups in total. The Bertz CT molecular complexity index is 435. The van der Waals surface area contributed by atoms with E-state index < -0.39 is 0 Å². The van der Waals surface area contributed by atoms with Gasteiger partial charge in [0.05, 0.1) is 5.56 Å². The summed E-state index contributed by atoms with van der Waals surface area (Å²) in [6.45, 7) is 5.88. The summed E-state index contributed by atoms with van der Waals surface area (Å²) in [4.78, 5) is 14.1. The van der Waals surface area contributed by atoms with Crippen molar-refractivity contribution in [2.45, 2.75) is 26.3 Å². The van der Waals surface area contributed by atoms with Gasteiger partial charge in [-0.25, -0.2) is 0 Å². The van der Waals surface area contributed by atoms with Crippen LogP contribution in [0, 0.1) is 0 Å². The van der Waals surface area contributed by atoms with Crippen molar-refractivity contribution in [1.82, 2.24) is 10.2 Å². The maximum atomic E-state index is 11.9. The minimum atomic E-state index is -0.152. The highest BCUT2D eigenvalue weighted by Gasteiger charge is 2.09. The van der Waals surface area contributed by atoms with Crippen LogP contribution < -0.4 is 11.1 Å². The number of hydrogen-bond acceptors (Lipinski definition) is 3. The first kappa shape index (κ1) is 15.8. The van der Waals surface area contributed by atoms with Crippen LogP contribution in [-0.2, 0) is 0 Å². The van der Waals surface area contributed by atoms with Crippen molar-refractivity contribution < 1.29 is 4.79 Å². The number of anilines is 1. The Kier molecular flexibility index (Phi) is 6.12. The molecule has 0 fully saturated rings. The molecule has 0 radical (unpaired) electrons. The minimum Gasteiger partial charge on any atom is -0.398 e. The molecular weight excluding hydrogens is 262 g/mol. The standard InChI is InChI=1S/C14H22ClN3O/c1-10(2)18(3)8-4-7-17-14(19)12-6-5-11(15)9-13(12)16/h5-6,9-10H,4,7-8,16H2,1-3H3,(H,17,19). The molecule has 1 amide bonds. The molecule has 1 aromatic rings. The van der Waals surface area contributed by atoms with Gasteiger partial charge in [-0.05, 0) is 52.1 Å². The van der Waals surface area contributed by atoms with Crippen molar-refractivity contribution in [2.24, 2.45) is 0 Å². The minimum absolute atomic E-state index is 0.152. The molecule has 1 rings (SSSR count). The molecule has 5 heteroatoms. The normalized spacial score (nSPS) is 11.1. The fraction of sp³-hybridized carbons (Fsp3) is 0.500. The number of hydrogen-bond donors (Lipinski definition) is 2. The predicted octanol–water partition coefficient (Wildman–Crippen LogP) is 2.38. The van der Waals surface area contributed by atoms with Crippen molar-refractivity contribution in [3.8, 4) is 0 Å². The summed E-state index contributed by atoms with van der Waals surface area (Å²) in [6, 6.07) is 5.41. The van der Waals surface area contributed by atoms with Gasteiger partial charge in [0.25, 0.3) is 5.91 Å². The molecule has 0 unspecified atom stereocenters. The van der Waals surface area contributed by atoms with E-state index in [0.29, 0.717) is 28.9 Å². The second-order valence-corrected chi connectivity index (χ2v) is 5.35. The van der Waals surface area contributed by atoms with Crippen LogP contribution in [0.3, 0.4) is 0 Å². The number of nitrogens with one attached hydrogen (secondary N) is 1. The van der Waals surface area contributed by atoms with Gasteiger partial charge < -0.3 is 16.0 Å². The highest BCUT2D eigenvalue weighted by atomic mass is 35.5. The number of carbonyl (C=O) groups excluding carboxylic acids is 1. The Morgan fingerprint density at radius 2 is 2.16 bits per heavy atom. The van der Waals surface area contributed by atoms with E-state index in [1.54, 1.807) is 18.2 Å². The third kappa shape index (κ3) is 5.09. The van der Waals surface area contributed by atoms with Crippen LogP contribution >= 0.6 is 11.6 Å². The molecule has 0 aliphatic carbocycles. The summed E-state index contributed by atoms with van der Waals surface area (Å²) in [7, 11) is 2.07. The first-order chi connectivity index (χ1) is 8.91. The summed E-state index contributed by atoms with van der Waals surface area (Å²) < 4.78 is 0. The molecule has 0 aliphatic rings. The Morgan fingerprint density at radius 3 is 2.74 bits per heavy atom. The third-order valence-corrected chi connectivity index (χ3v) is 3.35. The number of carbonyl (C=O) groups is 1. The molecule has 106 valence electrons. The second-order valence-electron chi connectivity index (χ2n) is 4.92. The number of halogens is 1. The van der Waals surface area contributed by atoms with Gasteiger partial charge in [-0.2, -0.15) is 0 Å². The molecule has 0 atom stereocenters. The summed E-state index contributed by atoms with van der Waals surface area (Å²) in [6.07, 6.45) is 0.911. The molecule has 0 aromatic heterocycles. The van der Waals surface area contributed by atoms with Crippen molar-refractivity contribution in [3.63, 3.8) is 0 Å². The highest BCUT2D eigenvalue weighted by molar-refractivity contribution is 6.31. The summed E-state index contributed by atoms with van der Waals surface area (Å²) in [5.74, 6) is -0.152. The summed E-state index contributed by atoms with van der Waals surface area (Å²) >= 11 is 5.80. The van der Waals surface area contributed by atoms with Crippen LogP contribution in [0.2, 0.25) is 5.02 Å². The van der Waals surface area contributed by atoms with Crippen LogP contribution in [0.25, 0.3) is 0 Å². The molecular formula is C14H22ClN3O. The molecule has 0 saturated heterocycles. The Hall–Kier alpha value is -1.26. The molecule has 19 heavy (non-hydrogen) atoms. The van der Waals surface area contributed by atoms with Gasteiger partial charge >= 0.3 is 0 Å². The zero-order valence-corrected chi connectivity index (χ0v) is 12.5. The molecule has 0 saturated carbocycles. The van der Waals surface area contributed by atoms with Gasteiger partial charge in [0.1, 0.15) is 0 Å². The highest BCUT2D eigenvalue weighted by Crippen LogP contribution is 2.17. The average molecular weight is 284 g/mol. The van der Waals surface area contributed by atoms with Gasteiger partial charge in [-0.1, -0.05) is 11.6 Å². The van der Waals surface area contributed by atoms with Gasteiger partial charge in [0, 0.05) is 23.3 Å². The number of nitrogen functional groups attached to an aromatic ring is 1. The zero-order valence-electron chi connectivity index (χ0n) is 11.7.